The van der Waals surface area contributed by atoms with E-state index in [1.54, 1.807) is 4.68 Å². The molecule has 0 unspecified atom stereocenters. The average molecular weight is 422 g/mol. The average Bonchev–Trinajstić information content (AvgIpc) is 3.14. The number of hydrogen-bond acceptors (Lipinski definition) is 6. The van der Waals surface area contributed by atoms with Gasteiger partial charge in [-0.1, -0.05) is 66.4 Å². The summed E-state index contributed by atoms with van der Waals surface area (Å²) in [5.41, 5.74) is 7.11. The highest BCUT2D eigenvalue weighted by atomic mass is 32.2. The zero-order valence-electron chi connectivity index (χ0n) is 17.0. The van der Waals surface area contributed by atoms with Crippen molar-refractivity contribution < 1.29 is 9.53 Å². The Hall–Kier alpha value is -3.26. The number of fused-ring (bicyclic) bond motifs is 1. The highest BCUT2D eigenvalue weighted by Gasteiger charge is 2.20. The molecule has 2 heterocycles. The van der Waals surface area contributed by atoms with Crippen molar-refractivity contribution in [3.05, 3.63) is 71.4 Å². The molecule has 0 aliphatic carbocycles. The van der Waals surface area contributed by atoms with Crippen LogP contribution < -0.4 is 10.7 Å². The van der Waals surface area contributed by atoms with E-state index in [0.717, 1.165) is 16.8 Å². The Balaban J connectivity index is 1.45. The summed E-state index contributed by atoms with van der Waals surface area (Å²) in [5.74, 6) is 0.592. The quantitative estimate of drug-likeness (QED) is 0.640. The van der Waals surface area contributed by atoms with Crippen LogP contribution in [-0.4, -0.2) is 26.6 Å². The van der Waals surface area contributed by atoms with Crippen molar-refractivity contribution in [1.82, 2.24) is 20.2 Å². The van der Waals surface area contributed by atoms with Gasteiger partial charge in [-0.05, 0) is 37.5 Å². The summed E-state index contributed by atoms with van der Waals surface area (Å²) in [7, 11) is 0. The van der Waals surface area contributed by atoms with Crippen molar-refractivity contribution in [2.45, 2.75) is 38.1 Å². The molecule has 0 spiro atoms. The summed E-state index contributed by atoms with van der Waals surface area (Å²) in [6, 6.07) is 18.6. The van der Waals surface area contributed by atoms with Gasteiger partial charge in [-0.3, -0.25) is 5.43 Å². The molecule has 8 heteroatoms. The second-order valence-corrected chi connectivity index (χ2v) is 8.63. The number of aromatic nitrogens is 3. The van der Waals surface area contributed by atoms with Gasteiger partial charge >= 0.3 is 6.09 Å². The third-order valence-electron chi connectivity index (χ3n) is 4.31. The maximum absolute atomic E-state index is 11.9. The molecule has 4 rings (SSSR count). The molecule has 2 N–H and O–H groups in total. The van der Waals surface area contributed by atoms with Gasteiger partial charge in [-0.2, -0.15) is 0 Å². The van der Waals surface area contributed by atoms with Gasteiger partial charge in [0.15, 0.2) is 5.82 Å². The maximum Gasteiger partial charge on any atom is 0.408 e. The number of ether oxygens (including phenoxy) is 1. The van der Waals surface area contributed by atoms with Crippen LogP contribution in [0.4, 0.5) is 4.79 Å². The monoisotopic (exact) mass is 421 g/mol. The molecule has 154 valence electrons. The van der Waals surface area contributed by atoms with E-state index in [1.807, 2.05) is 44.4 Å². The summed E-state index contributed by atoms with van der Waals surface area (Å²) in [6.45, 7) is 5.67. The first kappa shape index (κ1) is 20.0. The minimum atomic E-state index is -0.551. The molecule has 30 heavy (non-hydrogen) atoms. The molecule has 0 atom stereocenters. The fourth-order valence-corrected chi connectivity index (χ4v) is 3.69. The molecule has 1 aliphatic heterocycles. The molecule has 0 saturated heterocycles. The summed E-state index contributed by atoms with van der Waals surface area (Å²) in [6.07, 6.45) is -0.490. The number of thioether (sulfide) groups is 1. The smallest absolute Gasteiger partial charge is 0.408 e. The van der Waals surface area contributed by atoms with E-state index >= 15 is 0 Å². The van der Waals surface area contributed by atoms with Gasteiger partial charge in [-0.25, -0.2) is 9.47 Å². The van der Waals surface area contributed by atoms with E-state index < -0.39 is 11.7 Å². The van der Waals surface area contributed by atoms with Crippen LogP contribution in [0.5, 0.6) is 0 Å². The lowest BCUT2D eigenvalue weighted by Crippen LogP contribution is -2.33. The zero-order valence-corrected chi connectivity index (χ0v) is 17.9. The number of nitrogens with zero attached hydrogens (tertiary/aromatic N) is 3. The number of hydrogen-bond donors (Lipinski definition) is 2. The number of amides is 1. The fraction of sp³-hybridized carbons (Fsp3) is 0.227. The zero-order chi connectivity index (χ0) is 21.1. The predicted octanol–water partition coefficient (Wildman–Crippen LogP) is 4.62. The van der Waals surface area contributed by atoms with E-state index in [2.05, 4.69) is 57.3 Å². The van der Waals surface area contributed by atoms with Crippen LogP contribution in [0.2, 0.25) is 0 Å². The minimum absolute atomic E-state index is 0.204. The van der Waals surface area contributed by atoms with Gasteiger partial charge in [0.05, 0.1) is 12.2 Å². The molecular weight excluding hydrogens is 398 g/mol. The van der Waals surface area contributed by atoms with Gasteiger partial charge in [-0.15, -0.1) is 10.2 Å². The van der Waals surface area contributed by atoms with Gasteiger partial charge in [0, 0.05) is 5.41 Å². The maximum atomic E-state index is 11.9. The van der Waals surface area contributed by atoms with Gasteiger partial charge in [0.1, 0.15) is 5.60 Å². The van der Waals surface area contributed by atoms with Crippen LogP contribution in [0.1, 0.15) is 32.2 Å². The Kier molecular flexibility index (Phi) is 5.50. The van der Waals surface area contributed by atoms with E-state index in [9.17, 15) is 4.79 Å². The van der Waals surface area contributed by atoms with Crippen molar-refractivity contribution in [3.63, 3.8) is 0 Å². The molecule has 0 fully saturated rings. The van der Waals surface area contributed by atoms with Crippen LogP contribution in [0.25, 0.3) is 16.8 Å². The lowest BCUT2D eigenvalue weighted by Gasteiger charge is -2.21. The van der Waals surface area contributed by atoms with E-state index in [1.165, 1.54) is 17.3 Å². The SMILES string of the molecule is CC(C)(C)OC(=O)NCc1nnc2n1NC(c1ccc(-c3ccccc3)cc1)=CS2. The number of benzene rings is 2. The van der Waals surface area contributed by atoms with Crippen molar-refractivity contribution >= 4 is 23.6 Å². The first-order valence-corrected chi connectivity index (χ1v) is 10.5. The number of carbonyl (C=O) groups excluding carboxylic acids is 1. The van der Waals surface area contributed by atoms with Crippen molar-refractivity contribution in [2.75, 3.05) is 5.43 Å². The molecule has 0 bridgehead atoms. The second kappa shape index (κ2) is 8.23. The Morgan fingerprint density at radius 2 is 1.70 bits per heavy atom. The molecule has 1 aliphatic rings. The van der Waals surface area contributed by atoms with Crippen LogP contribution in [0.3, 0.4) is 0 Å². The molecule has 2 aromatic carbocycles. The molecular formula is C22H23N5O2S. The molecule has 0 radical (unpaired) electrons. The van der Waals surface area contributed by atoms with Gasteiger partial charge in [0.25, 0.3) is 0 Å². The number of alkyl carbamates (subject to hydrolysis) is 1. The lowest BCUT2D eigenvalue weighted by molar-refractivity contribution is 0.0522. The highest BCUT2D eigenvalue weighted by Crippen LogP contribution is 2.29. The second-order valence-electron chi connectivity index (χ2n) is 7.79. The summed E-state index contributed by atoms with van der Waals surface area (Å²) < 4.78 is 7.05. The number of nitrogens with one attached hydrogen (secondary N) is 2. The number of carbonyl (C=O) groups is 1. The topological polar surface area (TPSA) is 81.1 Å². The van der Waals surface area contributed by atoms with Gasteiger partial charge < -0.3 is 10.1 Å². The summed E-state index contributed by atoms with van der Waals surface area (Å²) in [4.78, 5) is 11.9. The highest BCUT2D eigenvalue weighted by molar-refractivity contribution is 8.02. The normalized spacial score (nSPS) is 13.1. The standard InChI is InChI=1S/C22H23N5O2S/c1-22(2,3)29-21(28)23-13-19-24-25-20-27(19)26-18(14-30-20)17-11-9-16(10-12-17)15-7-5-4-6-8-15/h4-12,14,26H,13H2,1-3H3,(H,23,28). The third-order valence-corrected chi connectivity index (χ3v) is 5.14. The van der Waals surface area contributed by atoms with Crippen molar-refractivity contribution in [3.8, 4) is 11.1 Å². The summed E-state index contributed by atoms with van der Waals surface area (Å²) in [5, 5.41) is 13.8. The summed E-state index contributed by atoms with van der Waals surface area (Å²) >= 11 is 1.48. The van der Waals surface area contributed by atoms with E-state index in [0.29, 0.717) is 11.0 Å². The minimum Gasteiger partial charge on any atom is -0.444 e. The molecule has 1 aromatic heterocycles. The van der Waals surface area contributed by atoms with E-state index in [4.69, 9.17) is 4.74 Å². The number of rotatable bonds is 4. The first-order chi connectivity index (χ1) is 14.4. The Morgan fingerprint density at radius 1 is 1.03 bits per heavy atom. The lowest BCUT2D eigenvalue weighted by atomic mass is 10.0. The van der Waals surface area contributed by atoms with Crippen molar-refractivity contribution in [2.24, 2.45) is 0 Å². The fourth-order valence-electron chi connectivity index (χ4n) is 2.93. The predicted molar refractivity (Wildman–Crippen MR) is 118 cm³/mol. The molecule has 1 amide bonds. The van der Waals surface area contributed by atoms with Crippen LogP contribution in [-0.2, 0) is 11.3 Å². The van der Waals surface area contributed by atoms with Crippen LogP contribution in [0, 0.1) is 0 Å². The third kappa shape index (κ3) is 4.65. The molecule has 3 aromatic rings. The van der Waals surface area contributed by atoms with Crippen LogP contribution in [0.15, 0.2) is 65.2 Å². The Bertz CT molecular complexity index is 1070. The largest absolute Gasteiger partial charge is 0.444 e. The van der Waals surface area contributed by atoms with E-state index in [-0.39, 0.29) is 6.54 Å². The first-order valence-electron chi connectivity index (χ1n) is 9.60. The van der Waals surface area contributed by atoms with Crippen LogP contribution >= 0.6 is 11.8 Å². The van der Waals surface area contributed by atoms with Crippen molar-refractivity contribution in [1.29, 1.82) is 0 Å². The Morgan fingerprint density at radius 3 is 2.40 bits per heavy atom. The van der Waals surface area contributed by atoms with Gasteiger partial charge in [0.2, 0.25) is 5.16 Å². The Labute approximate surface area is 179 Å². The molecule has 7 nitrogen and oxygen atoms in total. The molecule has 0 saturated carbocycles.